The molecule has 0 saturated heterocycles. The molecule has 1 atom stereocenters. The molecule has 0 fully saturated rings. The molecule has 4 nitrogen and oxygen atoms in total. The van der Waals surface area contributed by atoms with E-state index < -0.39 is 16.6 Å². The number of aromatic hydroxyl groups is 1. The van der Waals surface area contributed by atoms with Gasteiger partial charge in [-0.2, -0.15) is 0 Å². The monoisotopic (exact) mass is 287 g/mol. The van der Waals surface area contributed by atoms with Gasteiger partial charge in [-0.05, 0) is 38.0 Å². The van der Waals surface area contributed by atoms with E-state index >= 15 is 0 Å². The van der Waals surface area contributed by atoms with Crippen molar-refractivity contribution in [3.05, 3.63) is 61.7 Å². The Kier molecular flexibility index (Phi) is 2.83. The summed E-state index contributed by atoms with van der Waals surface area (Å²) < 4.78 is -0.199. The zero-order chi connectivity index (χ0) is 14.5. The molecule has 1 unspecified atom stereocenters. The molecule has 5 heteroatoms. The maximum absolute atomic E-state index is 11.5. The summed E-state index contributed by atoms with van der Waals surface area (Å²) in [5.41, 5.74) is 0.870. The van der Waals surface area contributed by atoms with Crippen LogP contribution >= 0.6 is 11.8 Å². The van der Waals surface area contributed by atoms with Crippen LogP contribution in [0.1, 0.15) is 30.2 Å². The van der Waals surface area contributed by atoms with Crippen molar-refractivity contribution in [1.29, 1.82) is 0 Å². The van der Waals surface area contributed by atoms with Crippen LogP contribution in [-0.2, 0) is 4.75 Å². The highest BCUT2D eigenvalue weighted by atomic mass is 32.2. The first-order valence-corrected chi connectivity index (χ1v) is 7.09. The highest BCUT2D eigenvalue weighted by molar-refractivity contribution is 8.09. The average molecular weight is 287 g/mol. The quantitative estimate of drug-likeness (QED) is 0.857. The molecule has 1 aromatic carbocycles. The fourth-order valence-corrected chi connectivity index (χ4v) is 3.78. The summed E-state index contributed by atoms with van der Waals surface area (Å²) >= 11 is 1.51. The lowest BCUT2D eigenvalue weighted by Gasteiger charge is -2.24. The summed E-state index contributed by atoms with van der Waals surface area (Å²) in [4.78, 5) is 27.5. The smallest absolute Gasteiger partial charge is 0.268 e. The second-order valence-corrected chi connectivity index (χ2v) is 6.72. The van der Waals surface area contributed by atoms with E-state index in [2.05, 4.69) is 11.9 Å². The number of aryl methyl sites for hydroxylation is 1. The topological polar surface area (TPSA) is 67.3 Å². The molecule has 1 aliphatic heterocycles. The van der Waals surface area contributed by atoms with Crippen LogP contribution in [0.25, 0.3) is 4.91 Å². The Labute approximate surface area is 119 Å². The van der Waals surface area contributed by atoms with Crippen molar-refractivity contribution in [1.82, 2.24) is 4.98 Å². The highest BCUT2D eigenvalue weighted by Gasteiger charge is 2.36. The Hall–Kier alpha value is -1.88. The normalized spacial score (nSPS) is 22.2. The first-order valence-electron chi connectivity index (χ1n) is 6.27. The molecule has 1 N–H and O–H groups in total. The fourth-order valence-electron chi connectivity index (χ4n) is 2.43. The number of rotatable bonds is 2. The Balaban J connectivity index is 1.93. The predicted molar refractivity (Wildman–Crippen MR) is 79.5 cm³/mol. The van der Waals surface area contributed by atoms with Crippen LogP contribution < -0.4 is 10.9 Å². The second-order valence-electron chi connectivity index (χ2n) is 5.17. The van der Waals surface area contributed by atoms with Gasteiger partial charge in [0.1, 0.15) is 0 Å². The van der Waals surface area contributed by atoms with Gasteiger partial charge in [0, 0.05) is 21.5 Å². The molecule has 0 aliphatic carbocycles. The number of aromatic nitrogens is 1. The molecule has 102 valence electrons. The van der Waals surface area contributed by atoms with Crippen LogP contribution in [0.2, 0.25) is 0 Å². The number of pyridine rings is 1. The first kappa shape index (κ1) is 13.1. The minimum absolute atomic E-state index is 0.175. The Morgan fingerprint density at radius 2 is 2.10 bits per heavy atom. The number of thioether (sulfide) groups is 1. The van der Waals surface area contributed by atoms with Crippen molar-refractivity contribution < 1.29 is 5.11 Å². The van der Waals surface area contributed by atoms with Crippen molar-refractivity contribution in [2.75, 3.05) is 0 Å². The molecular formula is C15H13NO3S. The summed E-state index contributed by atoms with van der Waals surface area (Å²) in [5.74, 6) is -0.399. The Bertz CT molecular complexity index is 802. The number of hydrogen-bond donors (Lipinski definition) is 1. The third-order valence-electron chi connectivity index (χ3n) is 3.65. The van der Waals surface area contributed by atoms with E-state index in [-0.39, 0.29) is 10.3 Å². The molecule has 0 spiro atoms. The standard InChI is InChI=1S/C15H13NO3S/c1-8-7-9(4-6-16-8)15(2)5-3-10(20-15)11-12(17)14(19)13(11)18/h3-4,6-7,17H,5H2,1-2H3. The van der Waals surface area contributed by atoms with E-state index in [4.69, 9.17) is 0 Å². The van der Waals surface area contributed by atoms with Gasteiger partial charge in [0.15, 0.2) is 5.75 Å². The van der Waals surface area contributed by atoms with Crippen molar-refractivity contribution in [3.63, 3.8) is 0 Å². The molecule has 3 rings (SSSR count). The van der Waals surface area contributed by atoms with Crippen molar-refractivity contribution >= 4 is 16.7 Å². The fraction of sp³-hybridized carbons (Fsp3) is 0.267. The summed E-state index contributed by atoms with van der Waals surface area (Å²) in [5, 5.41) is 9.54. The van der Waals surface area contributed by atoms with E-state index in [1.165, 1.54) is 11.8 Å². The average Bonchev–Trinajstić information content (AvgIpc) is 2.82. The Morgan fingerprint density at radius 3 is 2.75 bits per heavy atom. The summed E-state index contributed by atoms with van der Waals surface area (Å²) in [6, 6.07) is 3.98. The highest BCUT2D eigenvalue weighted by Crippen LogP contribution is 2.53. The summed E-state index contributed by atoms with van der Waals surface area (Å²) in [7, 11) is 0. The van der Waals surface area contributed by atoms with Crippen LogP contribution in [0, 0.1) is 6.92 Å². The summed E-state index contributed by atoms with van der Waals surface area (Å²) in [6.45, 7) is 4.02. The maximum Gasteiger partial charge on any atom is 0.268 e. The van der Waals surface area contributed by atoms with Crippen LogP contribution in [0.4, 0.5) is 0 Å². The van der Waals surface area contributed by atoms with Crippen LogP contribution in [0.5, 0.6) is 5.75 Å². The third-order valence-corrected chi connectivity index (χ3v) is 5.09. The lowest BCUT2D eigenvalue weighted by Crippen LogP contribution is -2.33. The van der Waals surface area contributed by atoms with E-state index in [1.54, 1.807) is 6.20 Å². The lowest BCUT2D eigenvalue weighted by atomic mass is 9.96. The largest absolute Gasteiger partial charge is 0.503 e. The zero-order valence-corrected chi connectivity index (χ0v) is 12.0. The molecular weight excluding hydrogens is 274 g/mol. The SMILES string of the molecule is Cc1cc(C2(C)CC=C(c3c(O)c(=O)c3=O)S2)ccn1. The first-order chi connectivity index (χ1) is 9.42. The van der Waals surface area contributed by atoms with Crippen molar-refractivity contribution in [2.45, 2.75) is 25.0 Å². The predicted octanol–water partition coefficient (Wildman–Crippen LogP) is 2.08. The molecule has 0 saturated carbocycles. The van der Waals surface area contributed by atoms with Crippen molar-refractivity contribution in [3.8, 4) is 5.75 Å². The van der Waals surface area contributed by atoms with Gasteiger partial charge in [0.2, 0.25) is 5.43 Å². The van der Waals surface area contributed by atoms with Crippen LogP contribution in [-0.4, -0.2) is 10.1 Å². The number of nitrogens with zero attached hydrogens (tertiary/aromatic N) is 1. The minimum atomic E-state index is -0.783. The molecule has 2 aromatic rings. The van der Waals surface area contributed by atoms with Gasteiger partial charge < -0.3 is 5.11 Å². The van der Waals surface area contributed by atoms with Crippen LogP contribution in [0.15, 0.2) is 34.0 Å². The van der Waals surface area contributed by atoms with Crippen LogP contribution in [0.3, 0.4) is 0 Å². The van der Waals surface area contributed by atoms with Gasteiger partial charge in [-0.15, -0.1) is 11.8 Å². The van der Waals surface area contributed by atoms with E-state index in [0.29, 0.717) is 4.91 Å². The summed E-state index contributed by atoms with van der Waals surface area (Å²) in [6.07, 6.45) is 4.42. The van der Waals surface area contributed by atoms with Gasteiger partial charge in [0.05, 0.1) is 5.56 Å². The lowest BCUT2D eigenvalue weighted by molar-refractivity contribution is 0.461. The molecule has 1 aliphatic rings. The second kappa shape index (κ2) is 4.31. The van der Waals surface area contributed by atoms with E-state index in [1.807, 2.05) is 25.1 Å². The molecule has 0 amide bonds. The van der Waals surface area contributed by atoms with Gasteiger partial charge in [-0.1, -0.05) is 6.08 Å². The molecule has 2 heterocycles. The number of allylic oxidation sites excluding steroid dienone is 1. The van der Waals surface area contributed by atoms with Gasteiger partial charge in [-0.25, -0.2) is 0 Å². The Morgan fingerprint density at radius 1 is 1.35 bits per heavy atom. The molecule has 0 bridgehead atoms. The third kappa shape index (κ3) is 1.81. The molecule has 20 heavy (non-hydrogen) atoms. The number of hydrogen-bond acceptors (Lipinski definition) is 5. The van der Waals surface area contributed by atoms with Gasteiger partial charge in [-0.3, -0.25) is 14.6 Å². The van der Waals surface area contributed by atoms with E-state index in [0.717, 1.165) is 17.7 Å². The van der Waals surface area contributed by atoms with Gasteiger partial charge in [0.25, 0.3) is 5.43 Å². The maximum atomic E-state index is 11.5. The van der Waals surface area contributed by atoms with Crippen molar-refractivity contribution in [2.24, 2.45) is 0 Å². The van der Waals surface area contributed by atoms with Gasteiger partial charge >= 0.3 is 0 Å². The molecule has 1 aromatic heterocycles. The molecule has 0 radical (unpaired) electrons. The van der Waals surface area contributed by atoms with E-state index in [9.17, 15) is 14.7 Å². The minimum Gasteiger partial charge on any atom is -0.503 e. The zero-order valence-electron chi connectivity index (χ0n) is 11.1.